The quantitative estimate of drug-likeness (QED) is 0.458. The molecule has 1 aliphatic rings. The Kier molecular flexibility index (Phi) is 14.0. The predicted molar refractivity (Wildman–Crippen MR) is 54.7 cm³/mol. The van der Waals surface area contributed by atoms with Crippen LogP contribution in [0.2, 0.25) is 0 Å². The van der Waals surface area contributed by atoms with Crippen molar-refractivity contribution in [1.82, 2.24) is 0 Å². The fourth-order valence-corrected chi connectivity index (χ4v) is 0.167. The largest absolute Gasteiger partial charge is 0.103 e. The van der Waals surface area contributed by atoms with E-state index in [0.717, 1.165) is 0 Å². The van der Waals surface area contributed by atoms with Gasteiger partial charge in [0.15, 0.2) is 0 Å². The summed E-state index contributed by atoms with van der Waals surface area (Å²) in [5.74, 6) is 0. The van der Waals surface area contributed by atoms with Crippen LogP contribution in [0.1, 0.15) is 33.6 Å². The SMILES string of the molecule is C1=CCC1.C=C(C)C.C=CC. The van der Waals surface area contributed by atoms with E-state index in [1.54, 1.807) is 6.08 Å². The van der Waals surface area contributed by atoms with Gasteiger partial charge in [0, 0.05) is 0 Å². The average Bonchev–Trinajstić information content (AvgIpc) is 1.56. The third kappa shape index (κ3) is 46.4. The molecule has 0 radical (unpaired) electrons. The molecule has 64 valence electrons. The zero-order chi connectivity index (χ0) is 9.11. The molecular formula is C11H20. The lowest BCUT2D eigenvalue weighted by Gasteiger charge is -1.92. The van der Waals surface area contributed by atoms with Gasteiger partial charge in [0.1, 0.15) is 0 Å². The monoisotopic (exact) mass is 152 g/mol. The van der Waals surface area contributed by atoms with E-state index in [2.05, 4.69) is 25.3 Å². The van der Waals surface area contributed by atoms with Crippen LogP contribution in [-0.4, -0.2) is 0 Å². The van der Waals surface area contributed by atoms with Crippen LogP contribution in [0.4, 0.5) is 0 Å². The number of hydrogen-bond acceptors (Lipinski definition) is 0. The summed E-state index contributed by atoms with van der Waals surface area (Å²) in [6, 6.07) is 0. The third-order valence-corrected chi connectivity index (χ3v) is 0.667. The molecular weight excluding hydrogens is 132 g/mol. The molecule has 0 bridgehead atoms. The van der Waals surface area contributed by atoms with Gasteiger partial charge in [-0.3, -0.25) is 0 Å². The zero-order valence-electron chi connectivity index (χ0n) is 8.06. The molecule has 0 fully saturated rings. The van der Waals surface area contributed by atoms with Gasteiger partial charge in [-0.25, -0.2) is 0 Å². The molecule has 0 amide bonds. The Morgan fingerprint density at radius 1 is 1.27 bits per heavy atom. The van der Waals surface area contributed by atoms with Gasteiger partial charge in [0.2, 0.25) is 0 Å². The Balaban J connectivity index is 0. The Hall–Kier alpha value is -0.780. The summed E-state index contributed by atoms with van der Waals surface area (Å²) in [7, 11) is 0. The normalized spacial score (nSPS) is 10.8. The Labute approximate surface area is 71.3 Å². The molecule has 0 aromatic rings. The van der Waals surface area contributed by atoms with Crippen molar-refractivity contribution in [2.24, 2.45) is 0 Å². The van der Waals surface area contributed by atoms with Crippen LogP contribution >= 0.6 is 0 Å². The second kappa shape index (κ2) is 12.0. The van der Waals surface area contributed by atoms with Crippen molar-refractivity contribution in [1.29, 1.82) is 0 Å². The van der Waals surface area contributed by atoms with E-state index in [1.165, 1.54) is 18.4 Å². The van der Waals surface area contributed by atoms with Crippen LogP contribution in [0, 0.1) is 0 Å². The summed E-state index contributed by atoms with van der Waals surface area (Å²) < 4.78 is 0. The highest BCUT2D eigenvalue weighted by molar-refractivity contribution is 4.92. The fourth-order valence-electron chi connectivity index (χ4n) is 0.167. The van der Waals surface area contributed by atoms with Gasteiger partial charge >= 0.3 is 0 Å². The van der Waals surface area contributed by atoms with E-state index in [9.17, 15) is 0 Å². The van der Waals surface area contributed by atoms with Crippen LogP contribution in [-0.2, 0) is 0 Å². The highest BCUT2D eigenvalue weighted by Gasteiger charge is 1.81. The molecule has 0 aromatic carbocycles. The van der Waals surface area contributed by atoms with Crippen molar-refractivity contribution in [2.75, 3.05) is 0 Å². The minimum Gasteiger partial charge on any atom is -0.103 e. The molecule has 0 aliphatic heterocycles. The summed E-state index contributed by atoms with van der Waals surface area (Å²) >= 11 is 0. The molecule has 1 rings (SSSR count). The lowest BCUT2D eigenvalue weighted by molar-refractivity contribution is 0.962. The summed E-state index contributed by atoms with van der Waals surface area (Å²) in [5.41, 5.74) is 1.17. The maximum Gasteiger partial charge on any atom is -0.0316 e. The van der Waals surface area contributed by atoms with E-state index in [-0.39, 0.29) is 0 Å². The molecule has 0 heteroatoms. The van der Waals surface area contributed by atoms with Crippen molar-refractivity contribution >= 4 is 0 Å². The molecule has 1 aliphatic carbocycles. The van der Waals surface area contributed by atoms with Crippen LogP contribution in [0.25, 0.3) is 0 Å². The first kappa shape index (κ1) is 12.9. The second-order valence-electron chi connectivity index (χ2n) is 2.66. The molecule has 0 spiro atoms. The summed E-state index contributed by atoms with van der Waals surface area (Å²) in [6.07, 6.45) is 8.75. The number of rotatable bonds is 0. The van der Waals surface area contributed by atoms with E-state index in [0.29, 0.717) is 0 Å². The lowest BCUT2D eigenvalue weighted by Crippen LogP contribution is -1.71. The molecule has 0 saturated carbocycles. The predicted octanol–water partition coefficient (Wildman–Crippen LogP) is 4.11. The molecule has 0 atom stereocenters. The van der Waals surface area contributed by atoms with Gasteiger partial charge < -0.3 is 0 Å². The standard InChI is InChI=1S/C4H6.C4H8.C3H6/c1-2-4-3-1;1-4(2)3;1-3-2/h1-2H,3-4H2;1H2,2-3H3;3H,1H2,2H3. The van der Waals surface area contributed by atoms with Crippen molar-refractivity contribution in [3.8, 4) is 0 Å². The molecule has 0 N–H and O–H groups in total. The minimum absolute atomic E-state index is 1.17. The van der Waals surface area contributed by atoms with E-state index in [1.807, 2.05) is 20.8 Å². The zero-order valence-corrected chi connectivity index (χ0v) is 8.06. The topological polar surface area (TPSA) is 0 Å². The van der Waals surface area contributed by atoms with E-state index < -0.39 is 0 Å². The Bertz CT molecular complexity index is 108. The van der Waals surface area contributed by atoms with Crippen molar-refractivity contribution in [3.63, 3.8) is 0 Å². The molecule has 0 saturated heterocycles. The molecule has 0 nitrogen and oxygen atoms in total. The van der Waals surface area contributed by atoms with Crippen molar-refractivity contribution in [2.45, 2.75) is 33.6 Å². The molecule has 0 heterocycles. The maximum atomic E-state index is 3.56. The van der Waals surface area contributed by atoms with Crippen LogP contribution in [0.5, 0.6) is 0 Å². The summed E-state index contributed by atoms with van der Waals surface area (Å²) in [4.78, 5) is 0. The van der Waals surface area contributed by atoms with Gasteiger partial charge in [0.05, 0.1) is 0 Å². The van der Waals surface area contributed by atoms with Gasteiger partial charge in [-0.2, -0.15) is 0 Å². The van der Waals surface area contributed by atoms with Gasteiger partial charge in [-0.15, -0.1) is 13.2 Å². The fraction of sp³-hybridized carbons (Fsp3) is 0.455. The maximum absolute atomic E-state index is 3.56. The molecule has 0 aromatic heterocycles. The van der Waals surface area contributed by atoms with Crippen LogP contribution in [0.3, 0.4) is 0 Å². The summed E-state index contributed by atoms with van der Waals surface area (Å²) in [6.45, 7) is 12.8. The first-order valence-electron chi connectivity index (χ1n) is 3.99. The smallest absolute Gasteiger partial charge is 0.0316 e. The number of allylic oxidation sites excluding steroid dienone is 4. The van der Waals surface area contributed by atoms with E-state index in [4.69, 9.17) is 0 Å². The number of hydrogen-bond donors (Lipinski definition) is 0. The van der Waals surface area contributed by atoms with Crippen LogP contribution < -0.4 is 0 Å². The second-order valence-corrected chi connectivity index (χ2v) is 2.66. The lowest BCUT2D eigenvalue weighted by atomic mass is 10.1. The highest BCUT2D eigenvalue weighted by Crippen LogP contribution is 2.01. The van der Waals surface area contributed by atoms with E-state index >= 15 is 0 Å². The van der Waals surface area contributed by atoms with Crippen molar-refractivity contribution in [3.05, 3.63) is 37.0 Å². The molecule has 0 unspecified atom stereocenters. The highest BCUT2D eigenvalue weighted by atomic mass is 13.9. The Morgan fingerprint density at radius 3 is 1.36 bits per heavy atom. The summed E-state index contributed by atoms with van der Waals surface area (Å²) in [5, 5.41) is 0. The van der Waals surface area contributed by atoms with Gasteiger partial charge in [-0.1, -0.05) is 23.8 Å². The van der Waals surface area contributed by atoms with Crippen LogP contribution in [0.15, 0.2) is 37.0 Å². The first-order chi connectivity index (χ1) is 5.15. The third-order valence-electron chi connectivity index (χ3n) is 0.667. The minimum atomic E-state index is 1.17. The first-order valence-corrected chi connectivity index (χ1v) is 3.99. The van der Waals surface area contributed by atoms with Crippen molar-refractivity contribution < 1.29 is 0 Å². The van der Waals surface area contributed by atoms with Gasteiger partial charge in [-0.05, 0) is 33.6 Å². The Morgan fingerprint density at radius 2 is 1.36 bits per heavy atom. The van der Waals surface area contributed by atoms with Gasteiger partial charge in [0.25, 0.3) is 0 Å². The average molecular weight is 152 g/mol. The molecule has 11 heavy (non-hydrogen) atoms.